The van der Waals surface area contributed by atoms with Crippen molar-refractivity contribution in [1.29, 1.82) is 0 Å². The number of carbonyl (C=O) groups is 3. The van der Waals surface area contributed by atoms with E-state index >= 15 is 0 Å². The van der Waals surface area contributed by atoms with Crippen LogP contribution in [0.1, 0.15) is 46.4 Å². The molecule has 6 nitrogen and oxygen atoms in total. The summed E-state index contributed by atoms with van der Waals surface area (Å²) in [5.74, 6) is -0.302. The van der Waals surface area contributed by atoms with E-state index in [2.05, 4.69) is 5.32 Å². The zero-order valence-corrected chi connectivity index (χ0v) is 16.9. The highest BCUT2D eigenvalue weighted by Crippen LogP contribution is 2.32. The molecule has 3 rings (SSSR count). The minimum absolute atomic E-state index is 0.0612. The van der Waals surface area contributed by atoms with Crippen LogP contribution in [0.3, 0.4) is 0 Å². The van der Waals surface area contributed by atoms with Crippen molar-refractivity contribution in [1.82, 2.24) is 15.1 Å². The number of benzene rings is 2. The number of amides is 3. The van der Waals surface area contributed by atoms with Gasteiger partial charge in [-0.2, -0.15) is 0 Å². The number of hydrogen-bond donors (Lipinski definition) is 1. The molecule has 29 heavy (non-hydrogen) atoms. The Hall–Kier alpha value is -3.41. The first-order valence-electron chi connectivity index (χ1n) is 9.50. The van der Waals surface area contributed by atoms with Gasteiger partial charge in [0.2, 0.25) is 11.8 Å². The first kappa shape index (κ1) is 20.3. The van der Waals surface area contributed by atoms with Gasteiger partial charge >= 0.3 is 0 Å². The lowest BCUT2D eigenvalue weighted by atomic mass is 9.93. The molecule has 3 amide bonds. The van der Waals surface area contributed by atoms with Gasteiger partial charge in [-0.15, -0.1) is 0 Å². The molecule has 150 valence electrons. The van der Waals surface area contributed by atoms with E-state index in [-0.39, 0.29) is 30.2 Å². The van der Waals surface area contributed by atoms with Crippen LogP contribution < -0.4 is 5.32 Å². The summed E-state index contributed by atoms with van der Waals surface area (Å²) in [7, 11) is 3.42. The molecule has 0 fully saturated rings. The molecule has 1 heterocycles. The van der Waals surface area contributed by atoms with Crippen LogP contribution in [0.4, 0.5) is 0 Å². The second-order valence-corrected chi connectivity index (χ2v) is 7.26. The molecule has 0 saturated heterocycles. The zero-order chi connectivity index (χ0) is 21.0. The minimum Gasteiger partial charge on any atom is -0.352 e. The topological polar surface area (TPSA) is 69.7 Å². The molecule has 2 aromatic carbocycles. The molecule has 0 spiro atoms. The van der Waals surface area contributed by atoms with Crippen LogP contribution in [0, 0.1) is 0 Å². The van der Waals surface area contributed by atoms with Gasteiger partial charge < -0.3 is 15.1 Å². The Kier molecular flexibility index (Phi) is 6.12. The van der Waals surface area contributed by atoms with Crippen LogP contribution in [-0.2, 0) is 16.1 Å². The predicted molar refractivity (Wildman–Crippen MR) is 112 cm³/mol. The molecule has 0 bridgehead atoms. The smallest absolute Gasteiger partial charge is 0.253 e. The van der Waals surface area contributed by atoms with Crippen LogP contribution >= 0.6 is 0 Å². The van der Waals surface area contributed by atoms with Gasteiger partial charge in [0.15, 0.2) is 0 Å². The van der Waals surface area contributed by atoms with Gasteiger partial charge in [-0.05, 0) is 34.9 Å². The van der Waals surface area contributed by atoms with Crippen LogP contribution in [0.5, 0.6) is 0 Å². The van der Waals surface area contributed by atoms with Crippen molar-refractivity contribution in [3.8, 4) is 0 Å². The molecule has 1 aliphatic heterocycles. The molecule has 1 unspecified atom stereocenters. The van der Waals surface area contributed by atoms with Gasteiger partial charge in [-0.1, -0.05) is 36.4 Å². The molecule has 1 atom stereocenters. The summed E-state index contributed by atoms with van der Waals surface area (Å²) < 4.78 is 0. The lowest BCUT2D eigenvalue weighted by Crippen LogP contribution is -2.35. The van der Waals surface area contributed by atoms with E-state index in [9.17, 15) is 14.4 Å². The summed E-state index contributed by atoms with van der Waals surface area (Å²) in [4.78, 5) is 39.7. The van der Waals surface area contributed by atoms with E-state index in [1.54, 1.807) is 37.3 Å². The highest BCUT2D eigenvalue weighted by molar-refractivity contribution is 5.93. The maximum atomic E-state index is 12.6. The summed E-state index contributed by atoms with van der Waals surface area (Å²) in [5.41, 5.74) is 3.49. The summed E-state index contributed by atoms with van der Waals surface area (Å²) in [6.45, 7) is 1.86. The second-order valence-electron chi connectivity index (χ2n) is 7.26. The second kappa shape index (κ2) is 8.73. The van der Waals surface area contributed by atoms with Crippen LogP contribution in [0.2, 0.25) is 0 Å². The van der Waals surface area contributed by atoms with Crippen LogP contribution in [-0.4, -0.2) is 41.6 Å². The Morgan fingerprint density at radius 2 is 1.72 bits per heavy atom. The summed E-state index contributed by atoms with van der Waals surface area (Å²) >= 11 is 0. The fourth-order valence-corrected chi connectivity index (χ4v) is 3.38. The van der Waals surface area contributed by atoms with Crippen molar-refractivity contribution in [2.75, 3.05) is 14.1 Å². The summed E-state index contributed by atoms with van der Waals surface area (Å²) in [6.07, 6.45) is 3.81. The highest BCUT2D eigenvalue weighted by Gasteiger charge is 2.28. The van der Waals surface area contributed by atoms with E-state index in [1.165, 1.54) is 11.8 Å². The molecule has 0 aliphatic carbocycles. The lowest BCUT2D eigenvalue weighted by Gasteiger charge is -2.32. The normalized spacial score (nSPS) is 14.9. The minimum atomic E-state index is -0.325. The van der Waals surface area contributed by atoms with Gasteiger partial charge in [0.1, 0.15) is 0 Å². The Bertz CT molecular complexity index is 948. The SMILES string of the molecule is CC(=O)N1C=Cc2ccccc2C1CC(=O)NCc1ccc(C(=O)N(C)C)cc1. The van der Waals surface area contributed by atoms with E-state index in [0.717, 1.165) is 16.7 Å². The van der Waals surface area contributed by atoms with E-state index in [1.807, 2.05) is 42.5 Å². The summed E-state index contributed by atoms with van der Waals surface area (Å²) in [5, 5.41) is 2.91. The number of rotatable bonds is 5. The summed E-state index contributed by atoms with van der Waals surface area (Å²) in [6, 6.07) is 14.6. The van der Waals surface area contributed by atoms with Crippen molar-refractivity contribution in [2.24, 2.45) is 0 Å². The number of hydrogen-bond acceptors (Lipinski definition) is 3. The average Bonchev–Trinajstić information content (AvgIpc) is 2.72. The van der Waals surface area contributed by atoms with Crippen molar-refractivity contribution < 1.29 is 14.4 Å². The number of fused-ring (bicyclic) bond motifs is 1. The molecule has 1 aliphatic rings. The van der Waals surface area contributed by atoms with Gasteiger partial charge in [-0.3, -0.25) is 14.4 Å². The molecule has 0 radical (unpaired) electrons. The van der Waals surface area contributed by atoms with Gasteiger partial charge in [0.25, 0.3) is 5.91 Å². The Morgan fingerprint density at radius 1 is 1.03 bits per heavy atom. The first-order valence-corrected chi connectivity index (χ1v) is 9.50. The van der Waals surface area contributed by atoms with E-state index in [0.29, 0.717) is 12.1 Å². The fraction of sp³-hybridized carbons (Fsp3) is 0.261. The third-order valence-corrected chi connectivity index (χ3v) is 4.94. The molecule has 0 saturated carbocycles. The molecule has 2 aromatic rings. The van der Waals surface area contributed by atoms with Crippen molar-refractivity contribution in [2.45, 2.75) is 25.9 Å². The van der Waals surface area contributed by atoms with Crippen molar-refractivity contribution in [3.63, 3.8) is 0 Å². The number of carbonyl (C=O) groups excluding carboxylic acids is 3. The molecule has 0 aromatic heterocycles. The van der Waals surface area contributed by atoms with Gasteiger partial charge in [0.05, 0.1) is 12.5 Å². The van der Waals surface area contributed by atoms with Crippen LogP contribution in [0.25, 0.3) is 6.08 Å². The number of nitrogens with one attached hydrogen (secondary N) is 1. The maximum absolute atomic E-state index is 12.6. The fourth-order valence-electron chi connectivity index (χ4n) is 3.38. The van der Waals surface area contributed by atoms with Gasteiger partial charge in [0, 0.05) is 39.3 Å². The maximum Gasteiger partial charge on any atom is 0.253 e. The monoisotopic (exact) mass is 391 g/mol. The zero-order valence-electron chi connectivity index (χ0n) is 16.9. The average molecular weight is 391 g/mol. The quantitative estimate of drug-likeness (QED) is 0.852. The van der Waals surface area contributed by atoms with Crippen molar-refractivity contribution >= 4 is 23.8 Å². The third-order valence-electron chi connectivity index (χ3n) is 4.94. The van der Waals surface area contributed by atoms with Crippen LogP contribution in [0.15, 0.2) is 54.7 Å². The first-order chi connectivity index (χ1) is 13.9. The standard InChI is InChI=1S/C23H25N3O3/c1-16(27)26-13-12-18-6-4-5-7-20(18)21(26)14-22(28)24-15-17-8-10-19(11-9-17)23(29)25(2)3/h4-13,21H,14-15H2,1-3H3,(H,24,28). The number of nitrogens with zero attached hydrogens (tertiary/aromatic N) is 2. The highest BCUT2D eigenvalue weighted by atomic mass is 16.2. The van der Waals surface area contributed by atoms with E-state index in [4.69, 9.17) is 0 Å². The largest absolute Gasteiger partial charge is 0.352 e. The molecular formula is C23H25N3O3. The third kappa shape index (κ3) is 4.71. The Labute approximate surface area is 170 Å². The molecule has 6 heteroatoms. The van der Waals surface area contributed by atoms with Crippen molar-refractivity contribution in [3.05, 3.63) is 77.0 Å². The molecule has 1 N–H and O–H groups in total. The van der Waals surface area contributed by atoms with Gasteiger partial charge in [-0.25, -0.2) is 0 Å². The Balaban J connectivity index is 1.64. The molecular weight excluding hydrogens is 366 g/mol. The predicted octanol–water partition coefficient (Wildman–Crippen LogP) is 2.97. The van der Waals surface area contributed by atoms with E-state index < -0.39 is 0 Å². The lowest BCUT2D eigenvalue weighted by molar-refractivity contribution is -0.130. The Morgan fingerprint density at radius 3 is 2.38 bits per heavy atom.